The van der Waals surface area contributed by atoms with Gasteiger partial charge in [0.15, 0.2) is 0 Å². The molecule has 1 fully saturated rings. The average molecular weight is 309 g/mol. The van der Waals surface area contributed by atoms with Crippen LogP contribution in [-0.2, 0) is 4.79 Å². The molecule has 5 nitrogen and oxygen atoms in total. The number of halogens is 1. The number of benzene rings is 1. The van der Waals surface area contributed by atoms with Crippen LogP contribution in [0.25, 0.3) is 11.0 Å². The molecule has 1 amide bonds. The molecule has 1 aliphatic rings. The second-order valence-electron chi connectivity index (χ2n) is 4.42. The lowest BCUT2D eigenvalue weighted by Gasteiger charge is -2.24. The SMILES string of the molecule is Nc1nc2ccc(Br)cc2n1C1CCCNC1=O. The number of carbonyl (C=O) groups excluding carboxylic acids is 1. The third-order valence-corrected chi connectivity index (χ3v) is 3.74. The summed E-state index contributed by atoms with van der Waals surface area (Å²) in [6.45, 7) is 0.742. The topological polar surface area (TPSA) is 72.9 Å². The van der Waals surface area contributed by atoms with Crippen LogP contribution in [-0.4, -0.2) is 22.0 Å². The highest BCUT2D eigenvalue weighted by Gasteiger charge is 2.27. The van der Waals surface area contributed by atoms with Crippen molar-refractivity contribution in [2.75, 3.05) is 12.3 Å². The Balaban J connectivity index is 2.17. The van der Waals surface area contributed by atoms with Crippen LogP contribution in [0.15, 0.2) is 22.7 Å². The van der Waals surface area contributed by atoms with Crippen molar-refractivity contribution in [3.63, 3.8) is 0 Å². The van der Waals surface area contributed by atoms with Crippen LogP contribution in [0.5, 0.6) is 0 Å². The molecular formula is C12H13BrN4O. The third kappa shape index (κ3) is 1.77. The van der Waals surface area contributed by atoms with Gasteiger partial charge in [-0.2, -0.15) is 0 Å². The number of hydrogen-bond donors (Lipinski definition) is 2. The molecule has 1 saturated heterocycles. The summed E-state index contributed by atoms with van der Waals surface area (Å²) in [6, 6.07) is 5.51. The van der Waals surface area contributed by atoms with Crippen LogP contribution in [0.2, 0.25) is 0 Å². The molecule has 0 spiro atoms. The van der Waals surface area contributed by atoms with Gasteiger partial charge in [-0.25, -0.2) is 4.98 Å². The Morgan fingerprint density at radius 3 is 3.11 bits per heavy atom. The molecule has 1 aromatic heterocycles. The standard InChI is InChI=1S/C12H13BrN4O/c13-7-3-4-8-10(6-7)17(12(14)16-8)9-2-1-5-15-11(9)18/h3-4,6,9H,1-2,5H2,(H2,14,16)(H,15,18). The van der Waals surface area contributed by atoms with E-state index in [0.717, 1.165) is 34.9 Å². The minimum absolute atomic E-state index is 0.0206. The highest BCUT2D eigenvalue weighted by molar-refractivity contribution is 9.10. The Bertz CT molecular complexity index is 622. The van der Waals surface area contributed by atoms with Crippen LogP contribution in [0.4, 0.5) is 5.95 Å². The van der Waals surface area contributed by atoms with Crippen LogP contribution in [0, 0.1) is 0 Å². The smallest absolute Gasteiger partial charge is 0.243 e. The van der Waals surface area contributed by atoms with Gasteiger partial charge in [-0.05, 0) is 31.0 Å². The van der Waals surface area contributed by atoms with Gasteiger partial charge in [0.1, 0.15) is 6.04 Å². The van der Waals surface area contributed by atoms with Crippen molar-refractivity contribution in [1.29, 1.82) is 0 Å². The van der Waals surface area contributed by atoms with Crippen molar-refractivity contribution >= 4 is 38.8 Å². The predicted molar refractivity (Wildman–Crippen MR) is 73.1 cm³/mol. The van der Waals surface area contributed by atoms with Gasteiger partial charge in [-0.3, -0.25) is 9.36 Å². The zero-order chi connectivity index (χ0) is 12.7. The zero-order valence-electron chi connectivity index (χ0n) is 9.69. The number of fused-ring (bicyclic) bond motifs is 1. The molecule has 1 atom stereocenters. The summed E-state index contributed by atoms with van der Waals surface area (Å²) in [5, 5.41) is 2.87. The van der Waals surface area contributed by atoms with Gasteiger partial charge >= 0.3 is 0 Å². The maximum Gasteiger partial charge on any atom is 0.243 e. The molecular weight excluding hydrogens is 296 g/mol. The molecule has 6 heteroatoms. The van der Waals surface area contributed by atoms with Gasteiger partial charge in [0.25, 0.3) is 0 Å². The largest absolute Gasteiger partial charge is 0.369 e. The number of rotatable bonds is 1. The number of imidazole rings is 1. The maximum absolute atomic E-state index is 11.9. The zero-order valence-corrected chi connectivity index (χ0v) is 11.3. The fourth-order valence-electron chi connectivity index (χ4n) is 2.41. The van der Waals surface area contributed by atoms with E-state index in [1.165, 1.54) is 0 Å². The molecule has 0 radical (unpaired) electrons. The van der Waals surface area contributed by atoms with Crippen LogP contribution >= 0.6 is 15.9 Å². The van der Waals surface area contributed by atoms with E-state index in [1.807, 2.05) is 22.8 Å². The summed E-state index contributed by atoms with van der Waals surface area (Å²) in [5.74, 6) is 0.414. The summed E-state index contributed by atoms with van der Waals surface area (Å²) >= 11 is 3.43. The summed E-state index contributed by atoms with van der Waals surface area (Å²) in [4.78, 5) is 16.3. The number of piperidine rings is 1. The van der Waals surface area contributed by atoms with Gasteiger partial charge in [0.2, 0.25) is 11.9 Å². The summed E-state index contributed by atoms with van der Waals surface area (Å²) < 4.78 is 2.78. The van der Waals surface area contributed by atoms with Crippen LogP contribution in [0.3, 0.4) is 0 Å². The first-order chi connectivity index (χ1) is 8.66. The predicted octanol–water partition coefficient (Wildman–Crippen LogP) is 1.83. The van der Waals surface area contributed by atoms with E-state index in [0.29, 0.717) is 5.95 Å². The lowest BCUT2D eigenvalue weighted by Crippen LogP contribution is -2.38. The first-order valence-corrected chi connectivity index (χ1v) is 6.67. The molecule has 94 valence electrons. The number of anilines is 1. The molecule has 2 heterocycles. The molecule has 0 bridgehead atoms. The number of nitrogen functional groups attached to an aromatic ring is 1. The average Bonchev–Trinajstić information content (AvgIpc) is 2.66. The molecule has 2 aromatic rings. The fourth-order valence-corrected chi connectivity index (χ4v) is 2.76. The van der Waals surface area contributed by atoms with Gasteiger partial charge < -0.3 is 11.1 Å². The maximum atomic E-state index is 11.9. The molecule has 1 aromatic carbocycles. The first kappa shape index (κ1) is 11.5. The number of nitrogens with zero attached hydrogens (tertiary/aromatic N) is 2. The number of amides is 1. The lowest BCUT2D eigenvalue weighted by atomic mass is 10.1. The van der Waals surface area contributed by atoms with Crippen molar-refractivity contribution in [3.05, 3.63) is 22.7 Å². The van der Waals surface area contributed by atoms with Crippen LogP contribution < -0.4 is 11.1 Å². The van der Waals surface area contributed by atoms with Crippen molar-refractivity contribution < 1.29 is 4.79 Å². The van der Waals surface area contributed by atoms with E-state index in [9.17, 15) is 4.79 Å². The number of hydrogen-bond acceptors (Lipinski definition) is 3. The Morgan fingerprint density at radius 1 is 1.50 bits per heavy atom. The van der Waals surface area contributed by atoms with Crippen molar-refractivity contribution in [2.45, 2.75) is 18.9 Å². The number of carbonyl (C=O) groups is 1. The van der Waals surface area contributed by atoms with Crippen molar-refractivity contribution in [2.24, 2.45) is 0 Å². The van der Waals surface area contributed by atoms with Crippen LogP contribution in [0.1, 0.15) is 18.9 Å². The first-order valence-electron chi connectivity index (χ1n) is 5.87. The van der Waals surface area contributed by atoms with Gasteiger partial charge in [0, 0.05) is 11.0 Å². The second kappa shape index (κ2) is 4.28. The Hall–Kier alpha value is -1.56. The van der Waals surface area contributed by atoms with Crippen molar-refractivity contribution in [1.82, 2.24) is 14.9 Å². The Kier molecular flexibility index (Phi) is 2.74. The van der Waals surface area contributed by atoms with E-state index in [2.05, 4.69) is 26.2 Å². The number of aromatic nitrogens is 2. The summed E-state index contributed by atoms with van der Waals surface area (Å²) in [7, 11) is 0. The third-order valence-electron chi connectivity index (χ3n) is 3.25. The summed E-state index contributed by atoms with van der Waals surface area (Å²) in [5.41, 5.74) is 7.66. The minimum Gasteiger partial charge on any atom is -0.369 e. The Morgan fingerprint density at radius 2 is 2.33 bits per heavy atom. The van der Waals surface area contributed by atoms with Gasteiger partial charge in [0.05, 0.1) is 11.0 Å². The van der Waals surface area contributed by atoms with Gasteiger partial charge in [-0.1, -0.05) is 15.9 Å². The molecule has 0 saturated carbocycles. The molecule has 1 unspecified atom stereocenters. The van der Waals surface area contributed by atoms with E-state index < -0.39 is 0 Å². The monoisotopic (exact) mass is 308 g/mol. The number of nitrogens with one attached hydrogen (secondary N) is 1. The summed E-state index contributed by atoms with van der Waals surface area (Å²) in [6.07, 6.45) is 1.76. The Labute approximate surface area is 112 Å². The molecule has 1 aliphatic heterocycles. The van der Waals surface area contributed by atoms with E-state index in [-0.39, 0.29) is 11.9 Å². The molecule has 3 rings (SSSR count). The second-order valence-corrected chi connectivity index (χ2v) is 5.34. The lowest BCUT2D eigenvalue weighted by molar-refractivity contribution is -0.125. The fraction of sp³-hybridized carbons (Fsp3) is 0.333. The number of nitrogens with two attached hydrogens (primary N) is 1. The quantitative estimate of drug-likeness (QED) is 0.844. The highest BCUT2D eigenvalue weighted by atomic mass is 79.9. The minimum atomic E-state index is -0.252. The molecule has 18 heavy (non-hydrogen) atoms. The van der Waals surface area contributed by atoms with E-state index in [4.69, 9.17) is 5.73 Å². The van der Waals surface area contributed by atoms with Crippen molar-refractivity contribution in [3.8, 4) is 0 Å². The van der Waals surface area contributed by atoms with Gasteiger partial charge in [-0.15, -0.1) is 0 Å². The molecule has 3 N–H and O–H groups in total. The highest BCUT2D eigenvalue weighted by Crippen LogP contribution is 2.29. The van der Waals surface area contributed by atoms with E-state index in [1.54, 1.807) is 0 Å². The normalized spacial score (nSPS) is 20.1. The van der Waals surface area contributed by atoms with E-state index >= 15 is 0 Å². The molecule has 0 aliphatic carbocycles.